The average Bonchev–Trinajstić information content (AvgIpc) is 2.18. The minimum Gasteiger partial charge on any atom is -0.389 e. The lowest BCUT2D eigenvalue weighted by Crippen LogP contribution is -2.11. The van der Waals surface area contributed by atoms with Crippen LogP contribution in [0.3, 0.4) is 0 Å². The Hall–Kier alpha value is -1.48. The number of thiocarbonyl (C=S) groups is 1. The molecule has 0 aliphatic carbocycles. The lowest BCUT2D eigenvalue weighted by Gasteiger charge is -2.07. The predicted molar refractivity (Wildman–Crippen MR) is 67.1 cm³/mol. The molecule has 1 heterocycles. The Morgan fingerprint density at radius 2 is 2.07 bits per heavy atom. The number of hydrogen-bond donors (Lipinski definition) is 1. The second-order valence-corrected chi connectivity index (χ2v) is 4.09. The van der Waals surface area contributed by atoms with Gasteiger partial charge < -0.3 is 5.73 Å². The number of pyridine rings is 1. The SMILES string of the molecule is Cc1cc(C(N)=S)c2cccc(C)c2n1. The first-order valence-corrected chi connectivity index (χ1v) is 5.17. The largest absolute Gasteiger partial charge is 0.389 e. The molecular formula is C12H12N2S. The van der Waals surface area contributed by atoms with Crippen molar-refractivity contribution in [1.82, 2.24) is 4.98 Å². The first-order chi connectivity index (χ1) is 7.09. The molecule has 15 heavy (non-hydrogen) atoms. The summed E-state index contributed by atoms with van der Waals surface area (Å²) in [6, 6.07) is 7.97. The summed E-state index contributed by atoms with van der Waals surface area (Å²) in [4.78, 5) is 4.93. The summed E-state index contributed by atoms with van der Waals surface area (Å²) in [5.41, 5.74) is 9.69. The van der Waals surface area contributed by atoms with Gasteiger partial charge >= 0.3 is 0 Å². The molecule has 0 aliphatic heterocycles. The molecule has 0 bridgehead atoms. The van der Waals surface area contributed by atoms with Gasteiger partial charge in [-0.1, -0.05) is 30.4 Å². The number of aryl methyl sites for hydroxylation is 2. The number of nitrogens with zero attached hydrogens (tertiary/aromatic N) is 1. The normalized spacial score (nSPS) is 10.5. The van der Waals surface area contributed by atoms with Crippen molar-refractivity contribution in [2.75, 3.05) is 0 Å². The third kappa shape index (κ3) is 1.70. The van der Waals surface area contributed by atoms with Gasteiger partial charge in [0.2, 0.25) is 0 Å². The van der Waals surface area contributed by atoms with E-state index in [1.165, 1.54) is 0 Å². The molecule has 0 saturated heterocycles. The molecule has 0 radical (unpaired) electrons. The van der Waals surface area contributed by atoms with Crippen LogP contribution in [0.2, 0.25) is 0 Å². The number of nitrogens with two attached hydrogens (primary N) is 1. The highest BCUT2D eigenvalue weighted by atomic mass is 32.1. The predicted octanol–water partition coefficient (Wildman–Crippen LogP) is 2.49. The molecule has 76 valence electrons. The van der Waals surface area contributed by atoms with Crippen molar-refractivity contribution in [3.8, 4) is 0 Å². The molecule has 0 amide bonds. The van der Waals surface area contributed by atoms with Crippen molar-refractivity contribution < 1.29 is 0 Å². The molecule has 0 spiro atoms. The van der Waals surface area contributed by atoms with Crippen LogP contribution in [0.15, 0.2) is 24.3 Å². The Labute approximate surface area is 94.1 Å². The van der Waals surface area contributed by atoms with Crippen molar-refractivity contribution in [2.45, 2.75) is 13.8 Å². The maximum absolute atomic E-state index is 5.70. The monoisotopic (exact) mass is 216 g/mol. The number of para-hydroxylation sites is 1. The molecule has 2 nitrogen and oxygen atoms in total. The fourth-order valence-electron chi connectivity index (χ4n) is 1.72. The lowest BCUT2D eigenvalue weighted by atomic mass is 10.0. The fourth-order valence-corrected chi connectivity index (χ4v) is 1.89. The molecule has 1 aromatic heterocycles. The molecule has 0 aliphatic rings. The Balaban J connectivity index is 2.92. The topological polar surface area (TPSA) is 38.9 Å². The first kappa shape index (κ1) is 10.1. The van der Waals surface area contributed by atoms with Crippen LogP contribution in [-0.2, 0) is 0 Å². The van der Waals surface area contributed by atoms with E-state index in [0.717, 1.165) is 27.7 Å². The summed E-state index contributed by atoms with van der Waals surface area (Å²) in [5.74, 6) is 0. The molecule has 2 aromatic rings. The maximum atomic E-state index is 5.70. The smallest absolute Gasteiger partial charge is 0.104 e. The van der Waals surface area contributed by atoms with E-state index in [-0.39, 0.29) is 0 Å². The van der Waals surface area contributed by atoms with Gasteiger partial charge in [-0.15, -0.1) is 0 Å². The van der Waals surface area contributed by atoms with E-state index < -0.39 is 0 Å². The van der Waals surface area contributed by atoms with Crippen molar-refractivity contribution in [2.24, 2.45) is 5.73 Å². The summed E-state index contributed by atoms with van der Waals surface area (Å²) in [6.07, 6.45) is 0. The summed E-state index contributed by atoms with van der Waals surface area (Å²) >= 11 is 5.04. The van der Waals surface area contributed by atoms with Crippen LogP contribution in [-0.4, -0.2) is 9.97 Å². The van der Waals surface area contributed by atoms with Crippen LogP contribution >= 0.6 is 12.2 Å². The van der Waals surface area contributed by atoms with Crippen LogP contribution in [0.5, 0.6) is 0 Å². The van der Waals surface area contributed by atoms with Crippen LogP contribution in [0, 0.1) is 13.8 Å². The van der Waals surface area contributed by atoms with Gasteiger partial charge in [0.05, 0.1) is 5.52 Å². The van der Waals surface area contributed by atoms with Crippen LogP contribution < -0.4 is 5.73 Å². The van der Waals surface area contributed by atoms with Gasteiger partial charge in [0.15, 0.2) is 0 Å². The quantitative estimate of drug-likeness (QED) is 0.744. The van der Waals surface area contributed by atoms with Gasteiger partial charge in [-0.2, -0.15) is 0 Å². The van der Waals surface area contributed by atoms with Crippen molar-refractivity contribution in [1.29, 1.82) is 0 Å². The molecule has 2 N–H and O–H groups in total. The second-order valence-electron chi connectivity index (χ2n) is 3.65. The Kier molecular flexibility index (Phi) is 2.40. The number of aromatic nitrogens is 1. The maximum Gasteiger partial charge on any atom is 0.104 e. The van der Waals surface area contributed by atoms with E-state index in [1.807, 2.05) is 38.1 Å². The third-order valence-electron chi connectivity index (χ3n) is 2.43. The zero-order chi connectivity index (χ0) is 11.0. The molecule has 0 unspecified atom stereocenters. The highest BCUT2D eigenvalue weighted by Crippen LogP contribution is 2.21. The van der Waals surface area contributed by atoms with E-state index in [2.05, 4.69) is 4.98 Å². The zero-order valence-electron chi connectivity index (χ0n) is 8.74. The van der Waals surface area contributed by atoms with E-state index in [1.54, 1.807) is 0 Å². The van der Waals surface area contributed by atoms with Gasteiger partial charge in [-0.25, -0.2) is 0 Å². The standard InChI is InChI=1S/C12H12N2S/c1-7-4-3-5-9-10(12(13)15)6-8(2)14-11(7)9/h3-6H,1-2H3,(H2,13,15). The van der Waals surface area contributed by atoms with Gasteiger partial charge in [0.1, 0.15) is 4.99 Å². The zero-order valence-corrected chi connectivity index (χ0v) is 9.56. The number of rotatable bonds is 1. The number of fused-ring (bicyclic) bond motifs is 1. The van der Waals surface area contributed by atoms with Gasteiger partial charge in [-0.3, -0.25) is 4.98 Å². The lowest BCUT2D eigenvalue weighted by molar-refractivity contribution is 1.24. The molecule has 1 aromatic carbocycles. The Bertz CT molecular complexity index is 547. The molecule has 0 fully saturated rings. The van der Waals surface area contributed by atoms with Crippen molar-refractivity contribution in [3.05, 3.63) is 41.1 Å². The van der Waals surface area contributed by atoms with Gasteiger partial charge in [0.25, 0.3) is 0 Å². The van der Waals surface area contributed by atoms with Gasteiger partial charge in [-0.05, 0) is 25.5 Å². The highest BCUT2D eigenvalue weighted by Gasteiger charge is 2.07. The van der Waals surface area contributed by atoms with Crippen LogP contribution in [0.25, 0.3) is 10.9 Å². The summed E-state index contributed by atoms with van der Waals surface area (Å²) in [5, 5.41) is 1.04. The molecule has 0 saturated carbocycles. The first-order valence-electron chi connectivity index (χ1n) is 4.76. The molecule has 0 atom stereocenters. The van der Waals surface area contributed by atoms with Crippen LogP contribution in [0.4, 0.5) is 0 Å². The summed E-state index contributed by atoms with van der Waals surface area (Å²) in [7, 11) is 0. The number of hydrogen-bond acceptors (Lipinski definition) is 2. The Morgan fingerprint density at radius 1 is 1.33 bits per heavy atom. The van der Waals surface area contributed by atoms with Crippen molar-refractivity contribution >= 4 is 28.1 Å². The molecule has 2 rings (SSSR count). The third-order valence-corrected chi connectivity index (χ3v) is 2.65. The minimum absolute atomic E-state index is 0.427. The van der Waals surface area contributed by atoms with E-state index in [9.17, 15) is 0 Å². The second kappa shape index (κ2) is 3.59. The van der Waals surface area contributed by atoms with Gasteiger partial charge in [0, 0.05) is 16.6 Å². The molecule has 3 heteroatoms. The van der Waals surface area contributed by atoms with Crippen molar-refractivity contribution in [3.63, 3.8) is 0 Å². The van der Waals surface area contributed by atoms with E-state index in [0.29, 0.717) is 4.99 Å². The van der Waals surface area contributed by atoms with Crippen LogP contribution in [0.1, 0.15) is 16.8 Å². The summed E-state index contributed by atoms with van der Waals surface area (Å²) in [6.45, 7) is 3.99. The fraction of sp³-hybridized carbons (Fsp3) is 0.167. The summed E-state index contributed by atoms with van der Waals surface area (Å²) < 4.78 is 0. The molecular weight excluding hydrogens is 204 g/mol. The average molecular weight is 216 g/mol. The number of benzene rings is 1. The van der Waals surface area contributed by atoms with E-state index >= 15 is 0 Å². The minimum atomic E-state index is 0.427. The Morgan fingerprint density at radius 3 is 2.73 bits per heavy atom. The van der Waals surface area contributed by atoms with E-state index in [4.69, 9.17) is 18.0 Å². The highest BCUT2D eigenvalue weighted by molar-refractivity contribution is 7.80.